The van der Waals surface area contributed by atoms with E-state index in [1.807, 2.05) is 24.3 Å². The number of fused-ring (bicyclic) bond motifs is 3. The minimum absolute atomic E-state index is 0.0154. The largest absolute Gasteiger partial charge is 0.478 e. The fraction of sp³-hybridized carbons (Fsp3) is 0.276. The van der Waals surface area contributed by atoms with Crippen molar-refractivity contribution in [3.05, 3.63) is 95.1 Å². The van der Waals surface area contributed by atoms with E-state index in [2.05, 4.69) is 34.9 Å². The van der Waals surface area contributed by atoms with Crippen molar-refractivity contribution in [1.29, 1.82) is 0 Å². The second kappa shape index (κ2) is 10.2. The molecule has 2 aliphatic rings. The van der Waals surface area contributed by atoms with Crippen LogP contribution < -0.4 is 10.6 Å². The molecular weight excluding hydrogens is 456 g/mol. The van der Waals surface area contributed by atoms with Gasteiger partial charge < -0.3 is 20.5 Å². The number of carboxylic acids is 1. The standard InChI is InChI=1S/C29H28N2O5/c32-27(30-16-18-9-11-20(12-10-18)28(33)34)15-26(19-13-14-19)31-29(35)36-17-25-23-7-3-1-5-21(23)22-6-2-4-8-24(22)25/h1-12,19,25-26H,13-17H2,(H,30,32)(H,31,35)(H,33,34). The molecule has 2 aliphatic carbocycles. The number of carbonyl (C=O) groups is 3. The second-order valence-corrected chi connectivity index (χ2v) is 9.40. The topological polar surface area (TPSA) is 105 Å². The van der Waals surface area contributed by atoms with Gasteiger partial charge in [-0.2, -0.15) is 0 Å². The number of hydrogen-bond donors (Lipinski definition) is 3. The number of carbonyl (C=O) groups excluding carboxylic acids is 2. The highest BCUT2D eigenvalue weighted by Crippen LogP contribution is 2.44. The Bertz CT molecular complexity index is 1240. The van der Waals surface area contributed by atoms with Gasteiger partial charge >= 0.3 is 12.1 Å². The van der Waals surface area contributed by atoms with E-state index in [0.29, 0.717) is 6.54 Å². The fourth-order valence-electron chi connectivity index (χ4n) is 4.86. The van der Waals surface area contributed by atoms with Crippen molar-refractivity contribution in [2.24, 2.45) is 5.92 Å². The molecule has 1 atom stereocenters. The van der Waals surface area contributed by atoms with Gasteiger partial charge in [-0.3, -0.25) is 4.79 Å². The molecule has 36 heavy (non-hydrogen) atoms. The highest BCUT2D eigenvalue weighted by atomic mass is 16.5. The van der Waals surface area contributed by atoms with Gasteiger partial charge in [-0.15, -0.1) is 0 Å². The van der Waals surface area contributed by atoms with E-state index in [4.69, 9.17) is 9.84 Å². The lowest BCUT2D eigenvalue weighted by atomic mass is 9.98. The molecule has 3 N–H and O–H groups in total. The molecule has 0 spiro atoms. The summed E-state index contributed by atoms with van der Waals surface area (Å²) < 4.78 is 5.66. The molecular formula is C29H28N2O5. The van der Waals surface area contributed by atoms with Crippen LogP contribution in [-0.2, 0) is 16.1 Å². The lowest BCUT2D eigenvalue weighted by Crippen LogP contribution is -2.41. The molecule has 0 radical (unpaired) electrons. The second-order valence-electron chi connectivity index (χ2n) is 9.40. The Morgan fingerprint density at radius 2 is 1.50 bits per heavy atom. The predicted octanol–water partition coefficient (Wildman–Crippen LogP) is 4.71. The summed E-state index contributed by atoms with van der Waals surface area (Å²) in [6.07, 6.45) is 1.60. The Hall–Kier alpha value is -4.13. The monoisotopic (exact) mass is 484 g/mol. The first-order valence-corrected chi connectivity index (χ1v) is 12.2. The van der Waals surface area contributed by atoms with Crippen molar-refractivity contribution in [2.45, 2.75) is 37.8 Å². The minimum Gasteiger partial charge on any atom is -0.478 e. The molecule has 3 aromatic rings. The average molecular weight is 485 g/mol. The van der Waals surface area contributed by atoms with Crippen LogP contribution in [0, 0.1) is 5.92 Å². The third kappa shape index (κ3) is 5.25. The van der Waals surface area contributed by atoms with Crippen molar-refractivity contribution >= 4 is 18.0 Å². The SMILES string of the molecule is O=C(CC(NC(=O)OCC1c2ccccc2-c2ccccc21)C1CC1)NCc1ccc(C(=O)O)cc1. The molecule has 5 rings (SSSR count). The molecule has 0 aliphatic heterocycles. The Morgan fingerprint density at radius 1 is 0.889 bits per heavy atom. The van der Waals surface area contributed by atoms with Crippen molar-refractivity contribution in [3.63, 3.8) is 0 Å². The predicted molar refractivity (Wildman–Crippen MR) is 135 cm³/mol. The zero-order chi connectivity index (χ0) is 25.1. The average Bonchev–Trinajstić information content (AvgIpc) is 3.69. The minimum atomic E-state index is -0.989. The van der Waals surface area contributed by atoms with E-state index in [9.17, 15) is 14.4 Å². The maximum atomic E-state index is 12.7. The number of amides is 2. The van der Waals surface area contributed by atoms with Gasteiger partial charge in [0.15, 0.2) is 0 Å². The zero-order valence-electron chi connectivity index (χ0n) is 19.8. The van der Waals surface area contributed by atoms with Crippen LogP contribution in [0.3, 0.4) is 0 Å². The first-order valence-electron chi connectivity index (χ1n) is 12.2. The maximum Gasteiger partial charge on any atom is 0.407 e. The van der Waals surface area contributed by atoms with E-state index in [1.54, 1.807) is 12.1 Å². The summed E-state index contributed by atoms with van der Waals surface area (Å²) in [6.45, 7) is 0.525. The maximum absolute atomic E-state index is 12.7. The van der Waals surface area contributed by atoms with E-state index in [-0.39, 0.29) is 42.4 Å². The summed E-state index contributed by atoms with van der Waals surface area (Å²) in [4.78, 5) is 36.2. The number of ether oxygens (including phenoxy) is 1. The van der Waals surface area contributed by atoms with Gasteiger partial charge in [-0.1, -0.05) is 60.7 Å². The van der Waals surface area contributed by atoms with E-state index in [1.165, 1.54) is 23.3 Å². The van der Waals surface area contributed by atoms with E-state index >= 15 is 0 Å². The highest BCUT2D eigenvalue weighted by molar-refractivity contribution is 5.87. The van der Waals surface area contributed by atoms with Crippen LogP contribution in [0.15, 0.2) is 72.8 Å². The number of benzene rings is 3. The van der Waals surface area contributed by atoms with Crippen LogP contribution in [0.4, 0.5) is 4.79 Å². The number of alkyl carbamates (subject to hydrolysis) is 1. The number of carboxylic acid groups (broad SMARTS) is 1. The highest BCUT2D eigenvalue weighted by Gasteiger charge is 2.35. The van der Waals surface area contributed by atoms with Crippen LogP contribution in [-0.4, -0.2) is 35.7 Å². The summed E-state index contributed by atoms with van der Waals surface area (Å²) in [5, 5.41) is 14.8. The normalized spacial score (nSPS) is 14.9. The van der Waals surface area contributed by atoms with Gasteiger partial charge in [0.25, 0.3) is 0 Å². The Labute approximate surface area is 209 Å². The first kappa shape index (κ1) is 23.6. The summed E-state index contributed by atoms with van der Waals surface area (Å²) in [6, 6.07) is 22.5. The van der Waals surface area contributed by atoms with Gasteiger partial charge in [0.05, 0.1) is 5.56 Å². The molecule has 1 fully saturated rings. The number of nitrogens with one attached hydrogen (secondary N) is 2. The number of aromatic carboxylic acids is 1. The molecule has 3 aromatic carbocycles. The van der Waals surface area contributed by atoms with Gasteiger partial charge in [-0.25, -0.2) is 9.59 Å². The molecule has 7 nitrogen and oxygen atoms in total. The van der Waals surface area contributed by atoms with Gasteiger partial charge in [0, 0.05) is 24.9 Å². The van der Waals surface area contributed by atoms with Crippen LogP contribution >= 0.6 is 0 Å². The van der Waals surface area contributed by atoms with Crippen molar-refractivity contribution in [3.8, 4) is 11.1 Å². The molecule has 0 bridgehead atoms. The third-order valence-corrected chi connectivity index (χ3v) is 6.93. The molecule has 0 aromatic heterocycles. The fourth-order valence-corrected chi connectivity index (χ4v) is 4.86. The molecule has 1 saturated carbocycles. The Balaban J connectivity index is 1.14. The molecule has 184 valence electrons. The van der Waals surface area contributed by atoms with Crippen LogP contribution in [0.25, 0.3) is 11.1 Å². The Morgan fingerprint density at radius 3 is 2.08 bits per heavy atom. The quantitative estimate of drug-likeness (QED) is 0.408. The third-order valence-electron chi connectivity index (χ3n) is 6.93. The zero-order valence-corrected chi connectivity index (χ0v) is 19.8. The Kier molecular flexibility index (Phi) is 6.71. The molecule has 1 unspecified atom stereocenters. The van der Waals surface area contributed by atoms with E-state index < -0.39 is 12.1 Å². The molecule has 2 amide bonds. The van der Waals surface area contributed by atoms with Crippen molar-refractivity contribution in [2.75, 3.05) is 6.61 Å². The van der Waals surface area contributed by atoms with Crippen LogP contribution in [0.1, 0.15) is 52.2 Å². The van der Waals surface area contributed by atoms with Crippen LogP contribution in [0.2, 0.25) is 0 Å². The van der Waals surface area contributed by atoms with Gasteiger partial charge in [0.1, 0.15) is 6.61 Å². The van der Waals surface area contributed by atoms with Crippen LogP contribution in [0.5, 0.6) is 0 Å². The summed E-state index contributed by atoms with van der Waals surface area (Å²) in [5.41, 5.74) is 5.66. The number of rotatable bonds is 9. The summed E-state index contributed by atoms with van der Waals surface area (Å²) >= 11 is 0. The molecule has 7 heteroatoms. The van der Waals surface area contributed by atoms with Crippen molar-refractivity contribution in [1.82, 2.24) is 10.6 Å². The smallest absolute Gasteiger partial charge is 0.407 e. The first-order chi connectivity index (χ1) is 17.5. The number of hydrogen-bond acceptors (Lipinski definition) is 4. The lowest BCUT2D eigenvalue weighted by molar-refractivity contribution is -0.121. The summed E-state index contributed by atoms with van der Waals surface area (Å²) in [5.74, 6) is -0.908. The van der Waals surface area contributed by atoms with Crippen molar-refractivity contribution < 1.29 is 24.2 Å². The van der Waals surface area contributed by atoms with Gasteiger partial charge in [0.2, 0.25) is 5.91 Å². The van der Waals surface area contributed by atoms with Gasteiger partial charge in [-0.05, 0) is 58.7 Å². The molecule has 0 heterocycles. The lowest BCUT2D eigenvalue weighted by Gasteiger charge is -2.19. The van der Waals surface area contributed by atoms with E-state index in [0.717, 1.165) is 29.5 Å². The molecule has 0 saturated heterocycles. The summed E-state index contributed by atoms with van der Waals surface area (Å²) in [7, 11) is 0.